The van der Waals surface area contributed by atoms with Crippen LogP contribution in [0.2, 0.25) is 0 Å². The van der Waals surface area contributed by atoms with Crippen LogP contribution in [0.25, 0.3) is 0 Å². The molecular weight excluding hydrogens is 355 g/mol. The van der Waals surface area contributed by atoms with Gasteiger partial charge < -0.3 is 11.1 Å². The van der Waals surface area contributed by atoms with Crippen LogP contribution in [0.1, 0.15) is 21.5 Å². The highest BCUT2D eigenvalue weighted by molar-refractivity contribution is 9.10. The quantitative estimate of drug-likeness (QED) is 0.812. The molecule has 0 fully saturated rings. The average molecular weight is 367 g/mol. The van der Waals surface area contributed by atoms with Crippen molar-refractivity contribution in [2.75, 3.05) is 5.32 Å². The third kappa shape index (κ3) is 3.86. The molecule has 0 aliphatic heterocycles. The van der Waals surface area contributed by atoms with Crippen molar-refractivity contribution in [3.05, 3.63) is 63.4 Å². The summed E-state index contributed by atoms with van der Waals surface area (Å²) in [4.78, 5) is 12.3. The van der Waals surface area contributed by atoms with Crippen molar-refractivity contribution in [1.29, 1.82) is 0 Å². The van der Waals surface area contributed by atoms with Crippen molar-refractivity contribution in [3.8, 4) is 0 Å². The van der Waals surface area contributed by atoms with Gasteiger partial charge in [-0.05, 0) is 48.9 Å². The minimum atomic E-state index is -0.464. The number of nitrogens with two attached hydrogens (primary N) is 1. The molecule has 0 radical (unpaired) electrons. The zero-order chi connectivity index (χ0) is 15.6. The minimum absolute atomic E-state index is 0.0234. The van der Waals surface area contributed by atoms with E-state index in [0.29, 0.717) is 16.8 Å². The molecule has 0 heterocycles. The van der Waals surface area contributed by atoms with Crippen LogP contribution in [-0.2, 0) is 0 Å². The van der Waals surface area contributed by atoms with Crippen molar-refractivity contribution in [2.24, 2.45) is 5.73 Å². The van der Waals surface area contributed by atoms with Gasteiger partial charge in [0.25, 0.3) is 5.91 Å². The maximum absolute atomic E-state index is 13.2. The molecule has 6 heteroatoms. The van der Waals surface area contributed by atoms with E-state index in [0.717, 1.165) is 10.0 Å². The summed E-state index contributed by atoms with van der Waals surface area (Å²) in [7, 11) is 0. The Morgan fingerprint density at radius 3 is 2.62 bits per heavy atom. The zero-order valence-electron chi connectivity index (χ0n) is 11.1. The van der Waals surface area contributed by atoms with E-state index in [4.69, 9.17) is 18.0 Å². The van der Waals surface area contributed by atoms with E-state index >= 15 is 0 Å². The fourth-order valence-corrected chi connectivity index (χ4v) is 2.67. The number of anilines is 1. The lowest BCUT2D eigenvalue weighted by molar-refractivity contribution is 0.102. The van der Waals surface area contributed by atoms with E-state index in [1.807, 2.05) is 13.0 Å². The molecule has 108 valence electrons. The number of carbonyl (C=O) groups is 1. The summed E-state index contributed by atoms with van der Waals surface area (Å²) in [6.07, 6.45) is 0. The largest absolute Gasteiger partial charge is 0.389 e. The van der Waals surface area contributed by atoms with Crippen LogP contribution in [0.5, 0.6) is 0 Å². The Labute approximate surface area is 135 Å². The minimum Gasteiger partial charge on any atom is -0.389 e. The molecule has 0 aromatic heterocycles. The van der Waals surface area contributed by atoms with E-state index < -0.39 is 5.82 Å². The van der Waals surface area contributed by atoms with Crippen molar-refractivity contribution in [1.82, 2.24) is 0 Å². The molecule has 3 nitrogen and oxygen atoms in total. The second-order valence-corrected chi connectivity index (χ2v) is 5.88. The van der Waals surface area contributed by atoms with Crippen molar-refractivity contribution >= 4 is 44.7 Å². The maximum Gasteiger partial charge on any atom is 0.255 e. The van der Waals surface area contributed by atoms with Crippen LogP contribution >= 0.6 is 28.1 Å². The molecule has 0 spiro atoms. The number of halogens is 2. The number of carbonyl (C=O) groups excluding carboxylic acids is 1. The van der Waals surface area contributed by atoms with Gasteiger partial charge in [-0.3, -0.25) is 4.79 Å². The summed E-state index contributed by atoms with van der Waals surface area (Å²) >= 11 is 8.22. The fourth-order valence-electron chi connectivity index (χ4n) is 1.89. The molecule has 2 rings (SSSR count). The molecule has 0 saturated carbocycles. The number of benzene rings is 2. The number of rotatable bonds is 3. The second-order valence-electron chi connectivity index (χ2n) is 4.53. The predicted octanol–water partition coefficient (Wildman–Crippen LogP) is 3.78. The summed E-state index contributed by atoms with van der Waals surface area (Å²) < 4.78 is 14.0. The summed E-state index contributed by atoms with van der Waals surface area (Å²) in [5.41, 5.74) is 7.66. The van der Waals surface area contributed by atoms with Gasteiger partial charge in [0.2, 0.25) is 0 Å². The van der Waals surface area contributed by atoms with Gasteiger partial charge in [0.1, 0.15) is 10.8 Å². The molecule has 0 aliphatic carbocycles. The van der Waals surface area contributed by atoms with Gasteiger partial charge >= 0.3 is 0 Å². The first-order chi connectivity index (χ1) is 9.86. The Morgan fingerprint density at radius 2 is 2.00 bits per heavy atom. The third-order valence-electron chi connectivity index (χ3n) is 2.80. The normalized spacial score (nSPS) is 10.2. The first kappa shape index (κ1) is 15.6. The highest BCUT2D eigenvalue weighted by Crippen LogP contribution is 2.20. The number of amides is 1. The van der Waals surface area contributed by atoms with Crippen LogP contribution in [-0.4, -0.2) is 10.9 Å². The predicted molar refractivity (Wildman–Crippen MR) is 89.1 cm³/mol. The van der Waals surface area contributed by atoms with Crippen molar-refractivity contribution < 1.29 is 9.18 Å². The number of hydrogen-bond acceptors (Lipinski definition) is 2. The lowest BCUT2D eigenvalue weighted by Gasteiger charge is -2.11. The number of aryl methyl sites for hydroxylation is 1. The van der Waals surface area contributed by atoms with Gasteiger partial charge in [0.05, 0.1) is 5.69 Å². The molecule has 0 saturated heterocycles. The Balaban J connectivity index is 2.33. The number of hydrogen-bond donors (Lipinski definition) is 2. The van der Waals surface area contributed by atoms with E-state index in [9.17, 15) is 9.18 Å². The van der Waals surface area contributed by atoms with Crippen LogP contribution in [0, 0.1) is 12.7 Å². The van der Waals surface area contributed by atoms with Gasteiger partial charge in [-0.1, -0.05) is 28.1 Å². The summed E-state index contributed by atoms with van der Waals surface area (Å²) in [6.45, 7) is 1.89. The molecule has 0 unspecified atom stereocenters. The molecule has 1 amide bonds. The summed E-state index contributed by atoms with van der Waals surface area (Å²) in [5.74, 6) is -0.780. The average Bonchev–Trinajstić information content (AvgIpc) is 2.39. The van der Waals surface area contributed by atoms with E-state index in [1.165, 1.54) is 18.2 Å². The van der Waals surface area contributed by atoms with E-state index in [1.54, 1.807) is 12.1 Å². The molecule has 0 aliphatic rings. The molecular formula is C15H12BrFN2OS. The Bertz CT molecular complexity index is 713. The highest BCUT2D eigenvalue weighted by Gasteiger charge is 2.12. The Hall–Kier alpha value is -1.79. The molecule has 21 heavy (non-hydrogen) atoms. The smallest absolute Gasteiger partial charge is 0.255 e. The van der Waals surface area contributed by atoms with Gasteiger partial charge in [-0.25, -0.2) is 4.39 Å². The molecule has 3 N–H and O–H groups in total. The van der Waals surface area contributed by atoms with E-state index in [-0.39, 0.29) is 10.9 Å². The number of nitrogens with one attached hydrogen (secondary N) is 1. The van der Waals surface area contributed by atoms with Gasteiger partial charge in [0, 0.05) is 15.6 Å². The lowest BCUT2D eigenvalue weighted by atomic mass is 10.1. The second kappa shape index (κ2) is 6.32. The third-order valence-corrected chi connectivity index (χ3v) is 3.48. The first-order valence-corrected chi connectivity index (χ1v) is 7.25. The van der Waals surface area contributed by atoms with Crippen LogP contribution in [0.15, 0.2) is 40.9 Å². The van der Waals surface area contributed by atoms with Crippen LogP contribution < -0.4 is 11.1 Å². The van der Waals surface area contributed by atoms with Gasteiger partial charge in [-0.15, -0.1) is 0 Å². The topological polar surface area (TPSA) is 55.1 Å². The zero-order valence-corrected chi connectivity index (χ0v) is 13.5. The monoisotopic (exact) mass is 366 g/mol. The maximum atomic E-state index is 13.2. The summed E-state index contributed by atoms with van der Waals surface area (Å²) in [6, 6.07) is 9.23. The number of thiocarbonyl (C=S) groups is 1. The van der Waals surface area contributed by atoms with Crippen molar-refractivity contribution in [2.45, 2.75) is 6.92 Å². The SMILES string of the molecule is Cc1cc(Br)cc(C(=O)Nc2ccc(F)cc2C(N)=S)c1. The Kier molecular flexibility index (Phi) is 4.69. The first-order valence-electron chi connectivity index (χ1n) is 6.04. The van der Waals surface area contributed by atoms with Crippen LogP contribution in [0.4, 0.5) is 10.1 Å². The molecule has 2 aromatic carbocycles. The molecule has 0 atom stereocenters. The van der Waals surface area contributed by atoms with Crippen LogP contribution in [0.3, 0.4) is 0 Å². The van der Waals surface area contributed by atoms with E-state index in [2.05, 4.69) is 21.2 Å². The lowest BCUT2D eigenvalue weighted by Crippen LogP contribution is -2.18. The van der Waals surface area contributed by atoms with Gasteiger partial charge in [0.15, 0.2) is 0 Å². The standard InChI is InChI=1S/C15H12BrFN2OS/c1-8-4-9(6-10(16)5-8)15(20)19-13-3-2-11(17)7-12(13)14(18)21/h2-7H,1H3,(H2,18,21)(H,19,20). The Morgan fingerprint density at radius 1 is 1.29 bits per heavy atom. The van der Waals surface area contributed by atoms with Gasteiger partial charge in [-0.2, -0.15) is 0 Å². The fraction of sp³-hybridized carbons (Fsp3) is 0.0667. The molecule has 0 bridgehead atoms. The summed E-state index contributed by atoms with van der Waals surface area (Å²) in [5, 5.41) is 2.70. The highest BCUT2D eigenvalue weighted by atomic mass is 79.9. The van der Waals surface area contributed by atoms with Crippen molar-refractivity contribution in [3.63, 3.8) is 0 Å². The molecule has 2 aromatic rings.